The van der Waals surface area contributed by atoms with E-state index in [1.54, 1.807) is 0 Å². The fourth-order valence-corrected chi connectivity index (χ4v) is 4.70. The van der Waals surface area contributed by atoms with E-state index in [2.05, 4.69) is 51.3 Å². The fourth-order valence-electron chi connectivity index (χ4n) is 4.70. The second-order valence-corrected chi connectivity index (χ2v) is 9.16. The summed E-state index contributed by atoms with van der Waals surface area (Å²) in [6.07, 6.45) is 7.08. The van der Waals surface area contributed by atoms with Gasteiger partial charge in [0.25, 0.3) is 0 Å². The molecule has 2 aliphatic heterocycles. The Balaban J connectivity index is 1.67. The summed E-state index contributed by atoms with van der Waals surface area (Å²) < 4.78 is 0. The lowest BCUT2D eigenvalue weighted by molar-refractivity contribution is 0.112. The summed E-state index contributed by atoms with van der Waals surface area (Å²) in [4.78, 5) is 5.43. The summed E-state index contributed by atoms with van der Waals surface area (Å²) >= 11 is 0. The summed E-state index contributed by atoms with van der Waals surface area (Å²) in [5.74, 6) is 3.68. The molecule has 2 rings (SSSR count). The highest BCUT2D eigenvalue weighted by Crippen LogP contribution is 2.30. The van der Waals surface area contributed by atoms with Crippen molar-refractivity contribution in [2.24, 2.45) is 23.7 Å². The van der Waals surface area contributed by atoms with Gasteiger partial charge in [0.2, 0.25) is 0 Å². The van der Waals surface area contributed by atoms with Gasteiger partial charge in [-0.3, -0.25) is 0 Å². The molecule has 0 aromatic heterocycles. The van der Waals surface area contributed by atoms with E-state index in [-0.39, 0.29) is 0 Å². The number of likely N-dealkylation sites (tertiary alicyclic amines) is 2. The Kier molecular flexibility index (Phi) is 7.41. The Morgan fingerprint density at radius 3 is 1.83 bits per heavy atom. The van der Waals surface area contributed by atoms with Crippen molar-refractivity contribution in [2.45, 2.75) is 85.7 Å². The van der Waals surface area contributed by atoms with Crippen LogP contribution in [0.3, 0.4) is 0 Å². The van der Waals surface area contributed by atoms with Crippen molar-refractivity contribution in [1.29, 1.82) is 0 Å². The van der Waals surface area contributed by atoms with Gasteiger partial charge in [-0.25, -0.2) is 0 Å². The van der Waals surface area contributed by atoms with Gasteiger partial charge in [-0.05, 0) is 96.2 Å². The van der Waals surface area contributed by atoms with Crippen molar-refractivity contribution in [2.75, 3.05) is 26.2 Å². The molecule has 2 nitrogen and oxygen atoms in total. The van der Waals surface area contributed by atoms with Gasteiger partial charge in [-0.2, -0.15) is 0 Å². The zero-order chi connectivity index (χ0) is 17.0. The minimum Gasteiger partial charge on any atom is -0.301 e. The van der Waals surface area contributed by atoms with Gasteiger partial charge in [0.1, 0.15) is 0 Å². The zero-order valence-electron chi connectivity index (χ0n) is 16.7. The summed E-state index contributed by atoms with van der Waals surface area (Å²) in [6, 6.07) is 1.52. The van der Waals surface area contributed by atoms with Crippen LogP contribution in [0.5, 0.6) is 0 Å². The third-order valence-electron chi connectivity index (χ3n) is 6.97. The first-order valence-corrected chi connectivity index (χ1v) is 10.4. The van der Waals surface area contributed by atoms with Crippen molar-refractivity contribution in [3.8, 4) is 0 Å². The van der Waals surface area contributed by atoms with Gasteiger partial charge in [0.15, 0.2) is 0 Å². The molecular weight excluding hydrogens is 280 g/mol. The molecule has 23 heavy (non-hydrogen) atoms. The Morgan fingerprint density at radius 2 is 1.30 bits per heavy atom. The topological polar surface area (TPSA) is 6.48 Å². The number of rotatable bonds is 7. The summed E-state index contributed by atoms with van der Waals surface area (Å²) in [5.41, 5.74) is 0. The molecule has 0 amide bonds. The maximum Gasteiger partial charge on any atom is 0.00670 e. The predicted molar refractivity (Wildman–Crippen MR) is 102 cm³/mol. The molecule has 2 heterocycles. The number of nitrogens with zero attached hydrogens (tertiary/aromatic N) is 2. The van der Waals surface area contributed by atoms with Crippen molar-refractivity contribution in [3.05, 3.63) is 0 Å². The Labute approximate surface area is 146 Å². The van der Waals surface area contributed by atoms with E-state index in [4.69, 9.17) is 0 Å². The van der Waals surface area contributed by atoms with Crippen LogP contribution in [0, 0.1) is 23.7 Å². The molecule has 0 spiro atoms. The first-order chi connectivity index (χ1) is 10.9. The highest BCUT2D eigenvalue weighted by atomic mass is 15.2. The second kappa shape index (κ2) is 8.85. The van der Waals surface area contributed by atoms with Crippen LogP contribution in [0.15, 0.2) is 0 Å². The van der Waals surface area contributed by atoms with Crippen molar-refractivity contribution in [3.63, 3.8) is 0 Å². The fraction of sp³-hybridized carbons (Fsp3) is 1.00. The SMILES string of the molecule is CC(C)C1CCN(C(C)CCC(C)C2CCN(C(C)C)C2)CC1. The van der Waals surface area contributed by atoms with Gasteiger partial charge >= 0.3 is 0 Å². The minimum absolute atomic E-state index is 0.730. The van der Waals surface area contributed by atoms with Gasteiger partial charge in [-0.15, -0.1) is 0 Å². The summed E-state index contributed by atoms with van der Waals surface area (Å²) in [7, 11) is 0. The minimum atomic E-state index is 0.730. The number of piperidine rings is 1. The molecule has 0 aromatic carbocycles. The van der Waals surface area contributed by atoms with Gasteiger partial charge in [-0.1, -0.05) is 20.8 Å². The molecule has 0 aromatic rings. The van der Waals surface area contributed by atoms with Crippen LogP contribution in [-0.2, 0) is 0 Å². The monoisotopic (exact) mass is 322 g/mol. The third kappa shape index (κ3) is 5.46. The molecule has 0 saturated carbocycles. The molecule has 3 atom stereocenters. The first-order valence-electron chi connectivity index (χ1n) is 10.4. The largest absolute Gasteiger partial charge is 0.301 e. The highest BCUT2D eigenvalue weighted by Gasteiger charge is 2.29. The first kappa shape index (κ1) is 19.2. The van der Waals surface area contributed by atoms with Gasteiger partial charge < -0.3 is 9.80 Å². The van der Waals surface area contributed by atoms with E-state index in [1.165, 1.54) is 58.3 Å². The average molecular weight is 323 g/mol. The molecule has 0 N–H and O–H groups in total. The lowest BCUT2D eigenvalue weighted by Crippen LogP contribution is -2.41. The molecule has 2 fully saturated rings. The Bertz CT molecular complexity index is 331. The molecule has 136 valence electrons. The van der Waals surface area contributed by atoms with Crippen LogP contribution in [0.25, 0.3) is 0 Å². The normalized spacial score (nSPS) is 27.9. The lowest BCUT2D eigenvalue weighted by atomic mass is 9.85. The van der Waals surface area contributed by atoms with Crippen LogP contribution < -0.4 is 0 Å². The van der Waals surface area contributed by atoms with E-state index >= 15 is 0 Å². The molecule has 2 heteroatoms. The maximum absolute atomic E-state index is 2.76. The molecular formula is C21H42N2. The molecule has 3 unspecified atom stereocenters. The van der Waals surface area contributed by atoms with Crippen LogP contribution in [0.1, 0.15) is 73.6 Å². The van der Waals surface area contributed by atoms with Crippen LogP contribution in [0.4, 0.5) is 0 Å². The van der Waals surface area contributed by atoms with Crippen molar-refractivity contribution < 1.29 is 0 Å². The van der Waals surface area contributed by atoms with Gasteiger partial charge in [0, 0.05) is 18.6 Å². The van der Waals surface area contributed by atoms with Crippen LogP contribution in [-0.4, -0.2) is 48.1 Å². The van der Waals surface area contributed by atoms with E-state index in [9.17, 15) is 0 Å². The van der Waals surface area contributed by atoms with Crippen molar-refractivity contribution in [1.82, 2.24) is 9.80 Å². The summed E-state index contributed by atoms with van der Waals surface area (Å²) in [6.45, 7) is 19.8. The van der Waals surface area contributed by atoms with Crippen LogP contribution in [0.2, 0.25) is 0 Å². The predicted octanol–water partition coefficient (Wildman–Crippen LogP) is 4.89. The number of hydrogen-bond acceptors (Lipinski definition) is 2. The molecule has 2 aliphatic rings. The molecule has 0 radical (unpaired) electrons. The van der Waals surface area contributed by atoms with E-state index < -0.39 is 0 Å². The quantitative estimate of drug-likeness (QED) is 0.658. The zero-order valence-corrected chi connectivity index (χ0v) is 16.7. The Morgan fingerprint density at radius 1 is 0.739 bits per heavy atom. The van der Waals surface area contributed by atoms with E-state index in [1.807, 2.05) is 0 Å². The van der Waals surface area contributed by atoms with Gasteiger partial charge in [0.05, 0.1) is 0 Å². The molecule has 0 bridgehead atoms. The van der Waals surface area contributed by atoms with Crippen LogP contribution >= 0.6 is 0 Å². The average Bonchev–Trinajstić information content (AvgIpc) is 3.02. The van der Waals surface area contributed by atoms with E-state index in [0.29, 0.717) is 0 Å². The Hall–Kier alpha value is -0.0800. The highest BCUT2D eigenvalue weighted by molar-refractivity contribution is 4.83. The third-order valence-corrected chi connectivity index (χ3v) is 6.97. The van der Waals surface area contributed by atoms with Crippen molar-refractivity contribution >= 4 is 0 Å². The van der Waals surface area contributed by atoms with E-state index in [0.717, 1.165) is 35.8 Å². The summed E-state index contributed by atoms with van der Waals surface area (Å²) in [5, 5.41) is 0. The smallest absolute Gasteiger partial charge is 0.00670 e. The second-order valence-electron chi connectivity index (χ2n) is 9.16. The maximum atomic E-state index is 2.76. The molecule has 2 saturated heterocycles. The number of hydrogen-bond donors (Lipinski definition) is 0. The standard InChI is InChI=1S/C21H42N2/c1-16(2)20-9-12-22(13-10-20)19(6)8-7-18(5)21-11-14-23(15-21)17(3)4/h16-21H,7-15H2,1-6H3. The lowest BCUT2D eigenvalue weighted by Gasteiger charge is -2.38. The molecule has 0 aliphatic carbocycles.